The Bertz CT molecular complexity index is 1320. The number of nitrogens with zero attached hydrogens (tertiary/aromatic N) is 1. The highest BCUT2D eigenvalue weighted by Crippen LogP contribution is 2.14. The van der Waals surface area contributed by atoms with Gasteiger partial charge in [0.15, 0.2) is 12.4 Å². The lowest BCUT2D eigenvalue weighted by molar-refractivity contribution is -0.870. The summed E-state index contributed by atoms with van der Waals surface area (Å²) in [5.74, 6) is -2.32. The first-order chi connectivity index (χ1) is 31.1. The third kappa shape index (κ3) is 46.5. The molecule has 0 radical (unpaired) electrons. The molecule has 9 heteroatoms. The van der Waals surface area contributed by atoms with Crippen LogP contribution in [0.25, 0.3) is 0 Å². The molecule has 0 aliphatic carbocycles. The Balaban J connectivity index is 4.37. The molecule has 0 saturated carbocycles. The van der Waals surface area contributed by atoms with Gasteiger partial charge in [-0.15, -0.1) is 0 Å². The van der Waals surface area contributed by atoms with Crippen LogP contribution < -0.4 is 5.11 Å². The predicted octanol–water partition coefficient (Wildman–Crippen LogP) is 12.7. The van der Waals surface area contributed by atoms with Gasteiger partial charge in [-0.05, 0) is 70.6 Å². The number of unbranched alkanes of at least 4 members (excludes halogenated alkanes) is 16. The van der Waals surface area contributed by atoms with E-state index >= 15 is 0 Å². The average molecular weight is 896 g/mol. The summed E-state index contributed by atoms with van der Waals surface area (Å²) >= 11 is 0. The second kappa shape index (κ2) is 46.0. The summed E-state index contributed by atoms with van der Waals surface area (Å²) in [6, 6.07) is 0. The number of aliphatic carboxylic acids is 1. The van der Waals surface area contributed by atoms with E-state index in [0.29, 0.717) is 17.4 Å². The van der Waals surface area contributed by atoms with Crippen LogP contribution >= 0.6 is 0 Å². The zero-order valence-corrected chi connectivity index (χ0v) is 41.4. The molecule has 0 heterocycles. The van der Waals surface area contributed by atoms with E-state index in [9.17, 15) is 19.5 Å². The van der Waals surface area contributed by atoms with E-state index in [1.165, 1.54) is 57.8 Å². The fourth-order valence-corrected chi connectivity index (χ4v) is 6.51. The van der Waals surface area contributed by atoms with Gasteiger partial charge in [0.05, 0.1) is 40.3 Å². The third-order valence-corrected chi connectivity index (χ3v) is 10.4. The van der Waals surface area contributed by atoms with E-state index in [2.05, 4.69) is 98.9 Å². The Hall–Kier alpha value is -3.53. The van der Waals surface area contributed by atoms with Crippen LogP contribution in [0.1, 0.15) is 187 Å². The van der Waals surface area contributed by atoms with Crippen molar-refractivity contribution in [2.45, 2.75) is 200 Å². The summed E-state index contributed by atoms with van der Waals surface area (Å²) in [6.07, 6.45) is 56.2. The van der Waals surface area contributed by atoms with Crippen LogP contribution in [0.5, 0.6) is 0 Å². The lowest BCUT2D eigenvalue weighted by atomic mass is 10.0. The van der Waals surface area contributed by atoms with Crippen molar-refractivity contribution in [3.05, 3.63) is 85.1 Å². The topological polar surface area (TPSA) is 111 Å². The number of hydrogen-bond acceptors (Lipinski definition) is 8. The van der Waals surface area contributed by atoms with Crippen LogP contribution in [0, 0.1) is 0 Å². The average Bonchev–Trinajstić information content (AvgIpc) is 3.26. The maximum Gasteiger partial charge on any atom is 0.306 e. The first-order valence-corrected chi connectivity index (χ1v) is 25.2. The van der Waals surface area contributed by atoms with Gasteiger partial charge in [0, 0.05) is 12.8 Å². The number of allylic oxidation sites excluding steroid dienone is 14. The van der Waals surface area contributed by atoms with Crippen LogP contribution in [0.2, 0.25) is 0 Å². The standard InChI is InChI=1S/C55H93NO8/c1-6-8-10-12-14-16-18-20-21-22-23-24-25-26-27-28-29-30-31-32-33-34-36-38-40-42-44-46-53(58)64-51(50-63-55(54(59)60)61-48-47-56(3,4)5)49-62-52(57)45-43-41-39-37-35-19-17-15-13-11-9-7-2/h8,10,14,16,20-21,23-24,26-27,29-30,32-33,51,55H,6-7,9,11-13,15,17-19,22,25,28,31,34-50H2,1-5H3/b10-8-,16-14-,21-20-,24-23-,27-26-,30-29-,33-32-. The molecule has 0 rings (SSSR count). The van der Waals surface area contributed by atoms with E-state index < -0.39 is 24.3 Å². The summed E-state index contributed by atoms with van der Waals surface area (Å²) in [5.41, 5.74) is 0. The minimum atomic E-state index is -1.63. The summed E-state index contributed by atoms with van der Waals surface area (Å²) in [4.78, 5) is 37.1. The summed E-state index contributed by atoms with van der Waals surface area (Å²) < 4.78 is 22.6. The second-order valence-electron chi connectivity index (χ2n) is 17.7. The molecule has 0 aromatic heterocycles. The smallest absolute Gasteiger partial charge is 0.306 e. The van der Waals surface area contributed by atoms with Crippen molar-refractivity contribution in [3.8, 4) is 0 Å². The Morgan fingerprint density at radius 3 is 1.33 bits per heavy atom. The highest BCUT2D eigenvalue weighted by molar-refractivity contribution is 5.70. The first-order valence-electron chi connectivity index (χ1n) is 25.2. The highest BCUT2D eigenvalue weighted by atomic mass is 16.7. The molecule has 0 saturated heterocycles. The number of hydrogen-bond donors (Lipinski definition) is 0. The van der Waals surface area contributed by atoms with Gasteiger partial charge in [-0.25, -0.2) is 0 Å². The number of ether oxygens (including phenoxy) is 4. The molecule has 64 heavy (non-hydrogen) atoms. The van der Waals surface area contributed by atoms with E-state index in [1.807, 2.05) is 21.1 Å². The number of quaternary nitrogens is 1. The second-order valence-corrected chi connectivity index (χ2v) is 17.7. The maximum atomic E-state index is 12.8. The van der Waals surface area contributed by atoms with Gasteiger partial charge in [0.1, 0.15) is 13.2 Å². The Labute approximate surface area is 391 Å². The number of carboxylic acid groups (broad SMARTS) is 1. The van der Waals surface area contributed by atoms with Crippen LogP contribution in [-0.4, -0.2) is 82.3 Å². The number of carboxylic acids is 1. The Kier molecular flexibility index (Phi) is 43.5. The molecule has 0 spiro atoms. The molecular formula is C55H93NO8. The molecule has 0 aliphatic rings. The molecule has 2 atom stereocenters. The zero-order valence-electron chi connectivity index (χ0n) is 41.4. The molecule has 0 amide bonds. The predicted molar refractivity (Wildman–Crippen MR) is 264 cm³/mol. The molecule has 9 nitrogen and oxygen atoms in total. The van der Waals surface area contributed by atoms with Gasteiger partial charge in [-0.2, -0.15) is 0 Å². The fraction of sp³-hybridized carbons (Fsp3) is 0.691. The summed E-state index contributed by atoms with van der Waals surface area (Å²) in [7, 11) is 5.90. The van der Waals surface area contributed by atoms with Crippen molar-refractivity contribution in [2.24, 2.45) is 0 Å². The zero-order chi connectivity index (χ0) is 47.0. The molecule has 2 unspecified atom stereocenters. The van der Waals surface area contributed by atoms with Gasteiger partial charge in [0.25, 0.3) is 0 Å². The van der Waals surface area contributed by atoms with Crippen molar-refractivity contribution in [2.75, 3.05) is 47.5 Å². The molecular weight excluding hydrogens is 803 g/mol. The van der Waals surface area contributed by atoms with Crippen LogP contribution in [0.15, 0.2) is 85.1 Å². The summed E-state index contributed by atoms with van der Waals surface area (Å²) in [6.45, 7) is 4.59. The van der Waals surface area contributed by atoms with E-state index in [0.717, 1.165) is 96.3 Å². The van der Waals surface area contributed by atoms with Gasteiger partial charge >= 0.3 is 11.9 Å². The molecule has 0 N–H and O–H groups in total. The number of carbonyl (C=O) groups excluding carboxylic acids is 3. The van der Waals surface area contributed by atoms with Crippen LogP contribution in [0.3, 0.4) is 0 Å². The van der Waals surface area contributed by atoms with Crippen LogP contribution in [0.4, 0.5) is 0 Å². The highest BCUT2D eigenvalue weighted by Gasteiger charge is 2.21. The molecule has 366 valence electrons. The van der Waals surface area contributed by atoms with Crippen molar-refractivity contribution in [3.63, 3.8) is 0 Å². The number of esters is 2. The van der Waals surface area contributed by atoms with Crippen molar-refractivity contribution >= 4 is 17.9 Å². The molecule has 0 bridgehead atoms. The SMILES string of the molecule is CC/C=C\C/C=C\C/C=C\C/C=C\C/C=C\C/C=C\C/C=C\CCCCCCCC(=O)OC(COC(=O)CCCCCCCCCCCCCC)COC(OCC[N+](C)(C)C)C(=O)[O-]. The van der Waals surface area contributed by atoms with Crippen molar-refractivity contribution in [1.29, 1.82) is 0 Å². The molecule has 0 fully saturated rings. The van der Waals surface area contributed by atoms with Gasteiger partial charge in [0.2, 0.25) is 0 Å². The Morgan fingerprint density at radius 2 is 0.891 bits per heavy atom. The number of rotatable bonds is 45. The lowest BCUT2D eigenvalue weighted by Gasteiger charge is -2.26. The fourth-order valence-electron chi connectivity index (χ4n) is 6.51. The lowest BCUT2D eigenvalue weighted by Crippen LogP contribution is -2.44. The van der Waals surface area contributed by atoms with Crippen molar-refractivity contribution < 1.29 is 42.9 Å². The molecule has 0 aromatic carbocycles. The first kappa shape index (κ1) is 60.5. The van der Waals surface area contributed by atoms with Gasteiger partial charge in [-0.1, -0.05) is 189 Å². The molecule has 0 aliphatic heterocycles. The maximum absolute atomic E-state index is 12.8. The minimum Gasteiger partial charge on any atom is -0.545 e. The largest absolute Gasteiger partial charge is 0.545 e. The Morgan fingerprint density at radius 1 is 0.484 bits per heavy atom. The number of likely N-dealkylation sites (N-methyl/N-ethyl adjacent to an activating group) is 1. The third-order valence-electron chi connectivity index (χ3n) is 10.4. The van der Waals surface area contributed by atoms with E-state index in [1.54, 1.807) is 0 Å². The molecule has 0 aromatic rings. The summed E-state index contributed by atoms with van der Waals surface area (Å²) in [5, 5.41) is 11.7. The van der Waals surface area contributed by atoms with Crippen LogP contribution in [-0.2, 0) is 33.3 Å². The normalized spacial score (nSPS) is 13.6. The van der Waals surface area contributed by atoms with Gasteiger partial charge in [-0.3, -0.25) is 9.59 Å². The minimum absolute atomic E-state index is 0.140. The quantitative estimate of drug-likeness (QED) is 0.0195. The number of carbonyl (C=O) groups is 3. The van der Waals surface area contributed by atoms with E-state index in [-0.39, 0.29) is 38.6 Å². The van der Waals surface area contributed by atoms with E-state index in [4.69, 9.17) is 18.9 Å². The monoisotopic (exact) mass is 896 g/mol. The van der Waals surface area contributed by atoms with Crippen molar-refractivity contribution in [1.82, 2.24) is 0 Å². The van der Waals surface area contributed by atoms with Gasteiger partial charge < -0.3 is 33.3 Å².